The summed E-state index contributed by atoms with van der Waals surface area (Å²) in [4.78, 5) is 0. The van der Waals surface area contributed by atoms with Gasteiger partial charge in [0.15, 0.2) is 17.4 Å². The third kappa shape index (κ3) is 8.39. The van der Waals surface area contributed by atoms with Crippen molar-refractivity contribution in [2.24, 2.45) is 0 Å². The molecule has 0 aromatic rings. The summed E-state index contributed by atoms with van der Waals surface area (Å²) < 4.78 is 12.3. The molecule has 91 valence electrons. The Morgan fingerprint density at radius 2 is 1.60 bits per heavy atom. The van der Waals surface area contributed by atoms with Gasteiger partial charge < -0.3 is 8.23 Å². The first-order valence-corrected chi connectivity index (χ1v) is 14.2. The molecule has 5 heteroatoms. The number of unbranched alkanes of at least 4 members (excludes halogenated alkanes) is 1. The number of hydrogen-bond acceptors (Lipinski definition) is 2. The molecule has 15 heavy (non-hydrogen) atoms. The van der Waals surface area contributed by atoms with Gasteiger partial charge in [-0.1, -0.05) is 19.8 Å². The van der Waals surface area contributed by atoms with Crippen LogP contribution in [0.4, 0.5) is 0 Å². The average molecular weight is 264 g/mol. The van der Waals surface area contributed by atoms with Crippen LogP contribution in [0.2, 0.25) is 45.3 Å². The Hall–Kier alpha value is 0.571. The van der Waals surface area contributed by atoms with E-state index in [1.54, 1.807) is 0 Å². The summed E-state index contributed by atoms with van der Waals surface area (Å²) in [6, 6.07) is 1.26. The van der Waals surface area contributed by atoms with Crippen LogP contribution in [0.1, 0.15) is 19.8 Å². The molecule has 0 aromatic carbocycles. The van der Waals surface area contributed by atoms with Gasteiger partial charge in [0.1, 0.15) is 0 Å². The lowest BCUT2D eigenvalue weighted by atomic mass is 10.4. The SMILES string of the molecule is CCCC[Si](C)(C)O[Si](C)(C)O[Si](C)C. The maximum absolute atomic E-state index is 6.32. The topological polar surface area (TPSA) is 18.5 Å². The summed E-state index contributed by atoms with van der Waals surface area (Å²) in [6.45, 7) is 15.6. The highest BCUT2D eigenvalue weighted by molar-refractivity contribution is 6.84. The van der Waals surface area contributed by atoms with E-state index in [1.165, 1.54) is 18.9 Å². The lowest BCUT2D eigenvalue weighted by Crippen LogP contribution is -2.48. The Labute approximate surface area is 99.5 Å². The van der Waals surface area contributed by atoms with Crippen LogP contribution in [-0.4, -0.2) is 25.9 Å². The van der Waals surface area contributed by atoms with Crippen molar-refractivity contribution in [3.63, 3.8) is 0 Å². The minimum absolute atomic E-state index is 0.624. The van der Waals surface area contributed by atoms with Crippen LogP contribution in [0, 0.1) is 0 Å². The summed E-state index contributed by atoms with van der Waals surface area (Å²) in [5.74, 6) is 0. The molecule has 0 aromatic heterocycles. The van der Waals surface area contributed by atoms with Crippen molar-refractivity contribution < 1.29 is 8.23 Å². The van der Waals surface area contributed by atoms with Gasteiger partial charge in [0, 0.05) is 0 Å². The van der Waals surface area contributed by atoms with Crippen molar-refractivity contribution in [1.29, 1.82) is 0 Å². The van der Waals surface area contributed by atoms with E-state index < -0.39 is 25.9 Å². The van der Waals surface area contributed by atoms with Crippen LogP contribution in [0.5, 0.6) is 0 Å². The fourth-order valence-corrected chi connectivity index (χ4v) is 13.2. The predicted octanol–water partition coefficient (Wildman–Crippen LogP) is 3.98. The normalized spacial score (nSPS) is 13.6. The fourth-order valence-electron chi connectivity index (χ4n) is 1.83. The molecule has 0 unspecified atom stereocenters. The zero-order chi connectivity index (χ0) is 12.1. The smallest absolute Gasteiger partial charge is 0.311 e. The van der Waals surface area contributed by atoms with Crippen LogP contribution < -0.4 is 0 Å². The molecule has 0 rings (SSSR count). The Kier molecular flexibility index (Phi) is 6.58. The Morgan fingerprint density at radius 1 is 1.07 bits per heavy atom. The molecule has 0 aliphatic carbocycles. The van der Waals surface area contributed by atoms with E-state index in [0.29, 0.717) is 0 Å². The molecule has 1 radical (unpaired) electrons. The molecule has 0 spiro atoms. The predicted molar refractivity (Wildman–Crippen MR) is 74.3 cm³/mol. The van der Waals surface area contributed by atoms with Crippen molar-refractivity contribution >= 4 is 25.9 Å². The molecule has 0 aliphatic heterocycles. The van der Waals surface area contributed by atoms with Crippen molar-refractivity contribution in [2.75, 3.05) is 0 Å². The minimum Gasteiger partial charge on any atom is -0.437 e. The molecular formula is C10H27O2Si3. The first-order chi connectivity index (χ1) is 6.68. The first-order valence-electron chi connectivity index (χ1n) is 5.88. The molecule has 0 saturated heterocycles. The van der Waals surface area contributed by atoms with E-state index in [0.717, 1.165) is 0 Å². The van der Waals surface area contributed by atoms with Crippen LogP contribution in [0.3, 0.4) is 0 Å². The second kappa shape index (κ2) is 6.34. The maximum atomic E-state index is 6.32. The van der Waals surface area contributed by atoms with E-state index in [-0.39, 0.29) is 0 Å². The molecule has 2 nitrogen and oxygen atoms in total. The van der Waals surface area contributed by atoms with Crippen LogP contribution in [-0.2, 0) is 8.23 Å². The Balaban J connectivity index is 4.16. The zero-order valence-corrected chi connectivity index (χ0v) is 14.4. The van der Waals surface area contributed by atoms with E-state index >= 15 is 0 Å². The number of hydrogen-bond donors (Lipinski definition) is 0. The average Bonchev–Trinajstić information content (AvgIpc) is 1.95. The number of rotatable bonds is 7. The highest BCUT2D eigenvalue weighted by Crippen LogP contribution is 2.21. The van der Waals surface area contributed by atoms with Gasteiger partial charge in [0.05, 0.1) is 0 Å². The van der Waals surface area contributed by atoms with Crippen LogP contribution >= 0.6 is 0 Å². The van der Waals surface area contributed by atoms with Crippen LogP contribution in [0.25, 0.3) is 0 Å². The Bertz CT molecular complexity index is 182. The fraction of sp³-hybridized carbons (Fsp3) is 1.00. The van der Waals surface area contributed by atoms with E-state index in [4.69, 9.17) is 8.23 Å². The van der Waals surface area contributed by atoms with Gasteiger partial charge in [0.25, 0.3) is 0 Å². The maximum Gasteiger partial charge on any atom is 0.311 e. The van der Waals surface area contributed by atoms with Crippen molar-refractivity contribution in [3.05, 3.63) is 0 Å². The van der Waals surface area contributed by atoms with Gasteiger partial charge in [-0.25, -0.2) is 0 Å². The third-order valence-electron chi connectivity index (χ3n) is 2.10. The largest absolute Gasteiger partial charge is 0.437 e. The molecule has 0 amide bonds. The second-order valence-electron chi connectivity index (χ2n) is 5.38. The van der Waals surface area contributed by atoms with E-state index in [9.17, 15) is 0 Å². The monoisotopic (exact) mass is 263 g/mol. The third-order valence-corrected chi connectivity index (χ3v) is 11.4. The van der Waals surface area contributed by atoms with Crippen LogP contribution in [0.15, 0.2) is 0 Å². The summed E-state index contributed by atoms with van der Waals surface area (Å²) >= 11 is 0. The van der Waals surface area contributed by atoms with E-state index in [2.05, 4.69) is 46.2 Å². The van der Waals surface area contributed by atoms with Crippen molar-refractivity contribution in [1.82, 2.24) is 0 Å². The van der Waals surface area contributed by atoms with Gasteiger partial charge in [-0.2, -0.15) is 0 Å². The molecule has 0 bridgehead atoms. The van der Waals surface area contributed by atoms with Gasteiger partial charge in [0.2, 0.25) is 0 Å². The minimum atomic E-state index is -1.84. The molecule has 0 fully saturated rings. The van der Waals surface area contributed by atoms with Gasteiger partial charge >= 0.3 is 8.56 Å². The highest BCUT2D eigenvalue weighted by atomic mass is 28.5. The van der Waals surface area contributed by atoms with Crippen molar-refractivity contribution in [3.8, 4) is 0 Å². The lowest BCUT2D eigenvalue weighted by Gasteiger charge is -2.34. The molecular weight excluding hydrogens is 236 g/mol. The van der Waals surface area contributed by atoms with Gasteiger partial charge in [-0.3, -0.25) is 0 Å². The first kappa shape index (κ1) is 15.6. The lowest BCUT2D eigenvalue weighted by molar-refractivity contribution is 0.400. The summed E-state index contributed by atoms with van der Waals surface area (Å²) in [5, 5.41) is 0. The van der Waals surface area contributed by atoms with Gasteiger partial charge in [-0.05, 0) is 45.3 Å². The molecule has 0 atom stereocenters. The summed E-state index contributed by atoms with van der Waals surface area (Å²) in [6.07, 6.45) is 2.55. The summed E-state index contributed by atoms with van der Waals surface area (Å²) in [5.41, 5.74) is 0. The standard InChI is InChI=1S/C10H27O2Si3/c1-8-9-10-14(4,5)12-15(6,7)11-13(2)3/h8-10H2,1-7H3. The van der Waals surface area contributed by atoms with Crippen molar-refractivity contribution in [2.45, 2.75) is 65.1 Å². The molecule has 0 aliphatic rings. The zero-order valence-electron chi connectivity index (χ0n) is 11.4. The summed E-state index contributed by atoms with van der Waals surface area (Å²) in [7, 11) is -3.94. The quantitative estimate of drug-likeness (QED) is 0.647. The van der Waals surface area contributed by atoms with Gasteiger partial charge in [-0.15, -0.1) is 0 Å². The molecule has 0 N–H and O–H groups in total. The van der Waals surface area contributed by atoms with E-state index in [1.807, 2.05) is 0 Å². The Morgan fingerprint density at radius 3 is 2.00 bits per heavy atom. The molecule has 0 saturated carbocycles. The second-order valence-corrected chi connectivity index (χ2v) is 15.6. The molecule has 0 heterocycles. The highest BCUT2D eigenvalue weighted by Gasteiger charge is 2.34.